The van der Waals surface area contributed by atoms with Crippen LogP contribution >= 0.6 is 0 Å². The number of nitrogens with one attached hydrogen (secondary N) is 2. The molecule has 0 bridgehead atoms. The van der Waals surface area contributed by atoms with E-state index in [-0.39, 0.29) is 23.7 Å². The lowest BCUT2D eigenvalue weighted by Gasteiger charge is -2.28. The highest BCUT2D eigenvalue weighted by atomic mass is 16.2. The molecule has 0 radical (unpaired) electrons. The van der Waals surface area contributed by atoms with Crippen LogP contribution in [0.4, 0.5) is 10.6 Å². The SMILES string of the molecule is CCNC(=O)N1CCc2cnc(C(=O)Nc3cccc(-c4nncn4C(C)C)n3)cc2C1. The number of anilines is 1. The van der Waals surface area contributed by atoms with E-state index in [1.54, 1.807) is 29.6 Å². The van der Waals surface area contributed by atoms with Crippen molar-refractivity contribution in [3.05, 3.63) is 53.6 Å². The third-order valence-electron chi connectivity index (χ3n) is 5.29. The lowest BCUT2D eigenvalue weighted by atomic mass is 10.0. The van der Waals surface area contributed by atoms with Crippen molar-refractivity contribution < 1.29 is 9.59 Å². The number of urea groups is 1. The number of aromatic nitrogens is 5. The largest absolute Gasteiger partial charge is 0.338 e. The first-order valence-electron chi connectivity index (χ1n) is 10.6. The predicted molar refractivity (Wildman–Crippen MR) is 119 cm³/mol. The minimum atomic E-state index is -0.363. The molecule has 0 fully saturated rings. The third kappa shape index (κ3) is 4.43. The fourth-order valence-electron chi connectivity index (χ4n) is 3.61. The quantitative estimate of drug-likeness (QED) is 0.637. The molecule has 10 heteroatoms. The standard InChI is InChI=1S/C22H26N8O2/c1-4-23-22(32)29-9-8-15-11-24-18(10-16(15)12-29)21(31)27-19-7-5-6-17(26-19)20-28-25-13-30(20)14(2)3/h5-7,10-11,13-14H,4,8-9,12H2,1-3H3,(H,23,32)(H,26,27,31). The summed E-state index contributed by atoms with van der Waals surface area (Å²) in [7, 11) is 0. The Morgan fingerprint density at radius 2 is 2.06 bits per heavy atom. The highest BCUT2D eigenvalue weighted by Crippen LogP contribution is 2.21. The molecule has 1 aliphatic heterocycles. The second kappa shape index (κ2) is 9.13. The monoisotopic (exact) mass is 434 g/mol. The fraction of sp³-hybridized carbons (Fsp3) is 0.364. The summed E-state index contributed by atoms with van der Waals surface area (Å²) in [5.41, 5.74) is 2.87. The predicted octanol–water partition coefficient (Wildman–Crippen LogP) is 2.66. The van der Waals surface area contributed by atoms with Crippen molar-refractivity contribution in [2.75, 3.05) is 18.4 Å². The fourth-order valence-corrected chi connectivity index (χ4v) is 3.61. The molecule has 3 aromatic rings. The van der Waals surface area contributed by atoms with Gasteiger partial charge in [0.2, 0.25) is 0 Å². The maximum absolute atomic E-state index is 12.9. The van der Waals surface area contributed by atoms with Gasteiger partial charge in [-0.15, -0.1) is 10.2 Å². The van der Waals surface area contributed by atoms with Crippen LogP contribution in [0.3, 0.4) is 0 Å². The van der Waals surface area contributed by atoms with Gasteiger partial charge in [-0.1, -0.05) is 6.07 Å². The van der Waals surface area contributed by atoms with Gasteiger partial charge in [-0.2, -0.15) is 0 Å². The summed E-state index contributed by atoms with van der Waals surface area (Å²) in [5, 5.41) is 13.8. The van der Waals surface area contributed by atoms with Gasteiger partial charge in [-0.3, -0.25) is 9.78 Å². The maximum atomic E-state index is 12.9. The van der Waals surface area contributed by atoms with Crippen molar-refractivity contribution in [1.29, 1.82) is 0 Å². The Morgan fingerprint density at radius 1 is 1.22 bits per heavy atom. The molecule has 32 heavy (non-hydrogen) atoms. The first-order chi connectivity index (χ1) is 15.5. The highest BCUT2D eigenvalue weighted by molar-refractivity contribution is 6.02. The normalized spacial score (nSPS) is 13.1. The average Bonchev–Trinajstić information content (AvgIpc) is 3.29. The van der Waals surface area contributed by atoms with E-state index in [1.807, 2.05) is 37.5 Å². The Hall–Kier alpha value is -3.82. The molecule has 0 atom stereocenters. The van der Waals surface area contributed by atoms with E-state index >= 15 is 0 Å². The van der Waals surface area contributed by atoms with Crippen LogP contribution in [0.15, 0.2) is 36.8 Å². The molecule has 4 rings (SSSR count). The molecule has 0 saturated carbocycles. The summed E-state index contributed by atoms with van der Waals surface area (Å²) in [5.74, 6) is 0.667. The number of nitrogens with zero attached hydrogens (tertiary/aromatic N) is 6. The zero-order chi connectivity index (χ0) is 22.7. The van der Waals surface area contributed by atoms with Gasteiger partial charge < -0.3 is 20.1 Å². The van der Waals surface area contributed by atoms with Gasteiger partial charge in [0.05, 0.1) is 0 Å². The second-order valence-electron chi connectivity index (χ2n) is 7.86. The molecule has 3 amide bonds. The number of rotatable bonds is 5. The van der Waals surface area contributed by atoms with Crippen LogP contribution in [-0.2, 0) is 13.0 Å². The van der Waals surface area contributed by atoms with E-state index in [4.69, 9.17) is 0 Å². The third-order valence-corrected chi connectivity index (χ3v) is 5.29. The number of hydrogen-bond donors (Lipinski definition) is 2. The molecular weight excluding hydrogens is 408 g/mol. The van der Waals surface area contributed by atoms with Crippen molar-refractivity contribution in [1.82, 2.24) is 34.9 Å². The van der Waals surface area contributed by atoms with Gasteiger partial charge >= 0.3 is 6.03 Å². The van der Waals surface area contributed by atoms with Crippen LogP contribution in [0, 0.1) is 0 Å². The molecule has 1 aliphatic rings. The molecule has 166 valence electrons. The van der Waals surface area contributed by atoms with Crippen LogP contribution in [0.25, 0.3) is 11.5 Å². The number of pyridine rings is 2. The molecule has 2 N–H and O–H groups in total. The molecule has 3 aromatic heterocycles. The minimum absolute atomic E-state index is 0.101. The number of hydrogen-bond acceptors (Lipinski definition) is 6. The second-order valence-corrected chi connectivity index (χ2v) is 7.86. The Kier molecular flexibility index (Phi) is 6.11. The molecule has 0 aliphatic carbocycles. The van der Waals surface area contributed by atoms with Gasteiger partial charge in [0.15, 0.2) is 5.82 Å². The zero-order valence-electron chi connectivity index (χ0n) is 18.4. The highest BCUT2D eigenvalue weighted by Gasteiger charge is 2.22. The van der Waals surface area contributed by atoms with Crippen molar-refractivity contribution in [3.63, 3.8) is 0 Å². The summed E-state index contributed by atoms with van der Waals surface area (Å²) >= 11 is 0. The molecule has 10 nitrogen and oxygen atoms in total. The first-order valence-corrected chi connectivity index (χ1v) is 10.6. The minimum Gasteiger partial charge on any atom is -0.338 e. The van der Waals surface area contributed by atoms with Crippen LogP contribution in [-0.4, -0.2) is 54.7 Å². The Balaban J connectivity index is 1.51. The van der Waals surface area contributed by atoms with Crippen LogP contribution in [0.2, 0.25) is 0 Å². The molecule has 0 spiro atoms. The van der Waals surface area contributed by atoms with E-state index in [9.17, 15) is 9.59 Å². The first kappa shape index (κ1) is 21.4. The molecule has 0 saturated heterocycles. The van der Waals surface area contributed by atoms with E-state index in [1.165, 1.54) is 0 Å². The van der Waals surface area contributed by atoms with Gasteiger partial charge in [-0.25, -0.2) is 9.78 Å². The lowest BCUT2D eigenvalue weighted by Crippen LogP contribution is -2.42. The Labute approximate surface area is 186 Å². The van der Waals surface area contributed by atoms with Gasteiger partial charge in [0.25, 0.3) is 5.91 Å². The molecule has 0 unspecified atom stereocenters. The summed E-state index contributed by atoms with van der Waals surface area (Å²) in [4.78, 5) is 35.6. The van der Waals surface area contributed by atoms with Crippen LogP contribution < -0.4 is 10.6 Å². The van der Waals surface area contributed by atoms with E-state index < -0.39 is 0 Å². The number of carbonyl (C=O) groups is 2. The van der Waals surface area contributed by atoms with Crippen LogP contribution in [0.5, 0.6) is 0 Å². The topological polar surface area (TPSA) is 118 Å². The van der Waals surface area contributed by atoms with Crippen molar-refractivity contribution in [3.8, 4) is 11.5 Å². The Morgan fingerprint density at radius 3 is 2.84 bits per heavy atom. The summed E-state index contributed by atoms with van der Waals surface area (Å²) in [6.45, 7) is 7.61. The van der Waals surface area contributed by atoms with Crippen molar-refractivity contribution >= 4 is 17.8 Å². The van der Waals surface area contributed by atoms with E-state index in [0.717, 1.165) is 11.1 Å². The average molecular weight is 435 g/mol. The molecule has 0 aromatic carbocycles. The molecule has 4 heterocycles. The van der Waals surface area contributed by atoms with Gasteiger partial charge in [-0.05, 0) is 56.5 Å². The van der Waals surface area contributed by atoms with Gasteiger partial charge in [0, 0.05) is 31.9 Å². The number of carbonyl (C=O) groups excluding carboxylic acids is 2. The maximum Gasteiger partial charge on any atom is 0.317 e. The van der Waals surface area contributed by atoms with Gasteiger partial charge in [0.1, 0.15) is 23.5 Å². The van der Waals surface area contributed by atoms with Crippen molar-refractivity contribution in [2.45, 2.75) is 39.8 Å². The van der Waals surface area contributed by atoms with E-state index in [0.29, 0.717) is 43.4 Å². The van der Waals surface area contributed by atoms with E-state index in [2.05, 4.69) is 30.8 Å². The summed E-state index contributed by atoms with van der Waals surface area (Å²) in [6.07, 6.45) is 4.09. The summed E-state index contributed by atoms with van der Waals surface area (Å²) in [6, 6.07) is 7.17. The van der Waals surface area contributed by atoms with Crippen molar-refractivity contribution in [2.24, 2.45) is 0 Å². The zero-order valence-corrected chi connectivity index (χ0v) is 18.4. The smallest absolute Gasteiger partial charge is 0.317 e. The molecular formula is C22H26N8O2. The van der Waals surface area contributed by atoms with Crippen LogP contribution in [0.1, 0.15) is 48.4 Å². The lowest BCUT2D eigenvalue weighted by molar-refractivity contribution is 0.102. The number of amides is 3. The Bertz CT molecular complexity index is 1140. The number of fused-ring (bicyclic) bond motifs is 1. The summed E-state index contributed by atoms with van der Waals surface area (Å²) < 4.78 is 1.92.